The van der Waals surface area contributed by atoms with E-state index < -0.39 is 108 Å². The maximum absolute atomic E-state index is 13.6. The summed E-state index contributed by atoms with van der Waals surface area (Å²) in [5, 5.41) is -0.560. The van der Waals surface area contributed by atoms with Crippen molar-refractivity contribution in [2.75, 3.05) is 26.9 Å². The van der Waals surface area contributed by atoms with Crippen LogP contribution in [-0.4, -0.2) is 120 Å². The van der Waals surface area contributed by atoms with Crippen LogP contribution in [0.1, 0.15) is 100 Å². The molecule has 0 spiro atoms. The topological polar surface area (TPSA) is 171 Å². The SMILES string of the molecule is [2H]C(O[C@H]1[C@H](OC([2H])c2ccccc2)[C@@H](OC([2H])c2ccccc2)C(O[C@H]2[C@@H](OCCCCCCCCC(=O)OC)O[C@H](CO[Si](C)(C)C(C)(C)C)[C@@H](OC(=S)Oc3ccccc3)[C@@H]2OC(C)=O)O[C@@H]1COC(C)=O)c1ccccc1. The molecule has 13 atom stereocenters. The first-order chi connectivity index (χ1) is 38.7. The fourth-order valence-electron chi connectivity index (χ4n) is 8.37. The van der Waals surface area contributed by atoms with Crippen LogP contribution in [0.15, 0.2) is 121 Å². The Hall–Kier alpha value is -5.12. The number of thiocarbonyl (C=S) groups is 1. The van der Waals surface area contributed by atoms with E-state index in [1.807, 2.05) is 6.07 Å². The second kappa shape index (κ2) is 31.6. The number of hydrogen-bond acceptors (Lipinski definition) is 17. The summed E-state index contributed by atoms with van der Waals surface area (Å²) in [6, 6.07) is 35.0. The van der Waals surface area contributed by atoms with E-state index in [9.17, 15) is 18.5 Å². The Bertz CT molecular complexity index is 2520. The van der Waals surface area contributed by atoms with Crippen LogP contribution in [0.5, 0.6) is 5.75 Å². The molecule has 2 heterocycles. The number of carbonyl (C=O) groups is 3. The molecule has 426 valence electrons. The molecule has 0 saturated carbocycles. The highest BCUT2D eigenvalue weighted by Gasteiger charge is 2.56. The van der Waals surface area contributed by atoms with Crippen molar-refractivity contribution >= 4 is 43.7 Å². The zero-order chi connectivity index (χ0) is 58.5. The zero-order valence-corrected chi connectivity index (χ0v) is 47.9. The second-order valence-corrected chi connectivity index (χ2v) is 25.7. The standard InChI is InChI=1S/C60H80O16SSi/c1-42(61)66-40-48-51(67-37-44-27-17-13-18-28-44)53(68-38-45-29-19-14-20-30-45)55(69-39-46-31-21-15-22-32-46)58(74-48)75-56-54(71-43(2)62)52(76-59(77)72-47-33-23-16-24-34-47)49(41-70-78(7,8)60(3,4)5)73-57(56)65-36-26-12-10-9-11-25-35-50(63)64-6/h13-24,27-34,48-49,51-58H,9-12,25-26,35-41H2,1-8H3/t48-,49-,51-,52-,53+,54+,55-,56-,57+,58?/m1/s1/i37D,38D,39D/t37?,38?,39?,48-,49-,51-,52-,53+,54+,55-,56-,57+,58?. The summed E-state index contributed by atoms with van der Waals surface area (Å²) in [4.78, 5) is 38.0. The zero-order valence-electron chi connectivity index (χ0n) is 49.1. The highest BCUT2D eigenvalue weighted by Crippen LogP contribution is 2.40. The van der Waals surface area contributed by atoms with E-state index in [1.54, 1.807) is 115 Å². The van der Waals surface area contributed by atoms with Gasteiger partial charge >= 0.3 is 23.1 Å². The van der Waals surface area contributed by atoms with Crippen molar-refractivity contribution in [2.45, 2.75) is 179 Å². The summed E-state index contributed by atoms with van der Waals surface area (Å²) < 4.78 is 112. The van der Waals surface area contributed by atoms with Crippen LogP contribution in [0, 0.1) is 0 Å². The summed E-state index contributed by atoms with van der Waals surface area (Å²) in [5.41, 5.74) is 1.37. The molecule has 0 N–H and O–H groups in total. The summed E-state index contributed by atoms with van der Waals surface area (Å²) in [6.07, 6.45) is -8.85. The Balaban J connectivity index is 1.47. The Labute approximate surface area is 471 Å². The van der Waals surface area contributed by atoms with Crippen molar-refractivity contribution in [1.82, 2.24) is 0 Å². The predicted molar refractivity (Wildman–Crippen MR) is 297 cm³/mol. The summed E-state index contributed by atoms with van der Waals surface area (Å²) in [7, 11) is -1.14. The molecule has 18 heteroatoms. The van der Waals surface area contributed by atoms with Gasteiger partial charge in [0.15, 0.2) is 39.2 Å². The fraction of sp³-hybridized carbons (Fsp3) is 0.533. The molecular weight excluding hydrogens is 1040 g/mol. The molecule has 4 aromatic carbocycles. The number of benzene rings is 4. The highest BCUT2D eigenvalue weighted by atomic mass is 32.1. The first kappa shape index (κ1) is 57.6. The summed E-state index contributed by atoms with van der Waals surface area (Å²) >= 11 is 5.76. The van der Waals surface area contributed by atoms with Crippen LogP contribution in [0.2, 0.25) is 18.1 Å². The van der Waals surface area contributed by atoms with Gasteiger partial charge in [-0.15, -0.1) is 0 Å². The molecule has 0 amide bonds. The van der Waals surface area contributed by atoms with Gasteiger partial charge in [0.2, 0.25) is 0 Å². The lowest BCUT2D eigenvalue weighted by atomic mass is 9.96. The van der Waals surface area contributed by atoms with E-state index in [2.05, 4.69) is 33.9 Å². The van der Waals surface area contributed by atoms with E-state index in [4.69, 9.17) is 73.5 Å². The van der Waals surface area contributed by atoms with Gasteiger partial charge in [0, 0.05) is 39.1 Å². The number of unbranched alkanes of at least 4 members (excludes halogenated alkanes) is 5. The van der Waals surface area contributed by atoms with E-state index in [0.717, 1.165) is 25.7 Å². The van der Waals surface area contributed by atoms with E-state index in [-0.39, 0.29) is 29.5 Å². The van der Waals surface area contributed by atoms with E-state index in [1.165, 1.54) is 21.0 Å². The minimum atomic E-state index is -2.52. The first-order valence-corrected chi connectivity index (χ1v) is 30.0. The fourth-order valence-corrected chi connectivity index (χ4v) is 9.59. The van der Waals surface area contributed by atoms with Crippen LogP contribution in [0.4, 0.5) is 0 Å². The van der Waals surface area contributed by atoms with Crippen molar-refractivity contribution < 1.29 is 79.8 Å². The molecule has 2 aliphatic rings. The van der Waals surface area contributed by atoms with Gasteiger partial charge in [0.1, 0.15) is 42.9 Å². The molecule has 0 radical (unpaired) electrons. The molecule has 16 nitrogen and oxygen atoms in total. The van der Waals surface area contributed by atoms with Gasteiger partial charge in [0.25, 0.3) is 0 Å². The molecule has 0 aliphatic carbocycles. The van der Waals surface area contributed by atoms with Crippen LogP contribution >= 0.6 is 12.2 Å². The van der Waals surface area contributed by atoms with Crippen LogP contribution < -0.4 is 4.74 Å². The van der Waals surface area contributed by atoms with Gasteiger partial charge in [-0.05, 0) is 59.8 Å². The maximum Gasteiger partial charge on any atom is 0.358 e. The maximum atomic E-state index is 13.6. The Morgan fingerprint density at radius 3 is 1.62 bits per heavy atom. The van der Waals surface area contributed by atoms with Gasteiger partial charge in [0.05, 0.1) is 37.6 Å². The lowest BCUT2D eigenvalue weighted by molar-refractivity contribution is -0.376. The summed E-state index contributed by atoms with van der Waals surface area (Å²) in [6.45, 7) is 8.37. The molecule has 2 fully saturated rings. The normalized spacial score (nSPS) is 25.2. The number of ether oxygens (including phenoxy) is 12. The van der Waals surface area contributed by atoms with Crippen molar-refractivity contribution in [3.63, 3.8) is 0 Å². The molecule has 78 heavy (non-hydrogen) atoms. The Kier molecular flexibility index (Phi) is 23.3. The Morgan fingerprint density at radius 2 is 1.08 bits per heavy atom. The predicted octanol–water partition coefficient (Wildman–Crippen LogP) is 10.8. The number of hydrogen-bond donors (Lipinski definition) is 0. The van der Waals surface area contributed by atoms with Crippen LogP contribution in [-0.2, 0) is 90.7 Å². The molecule has 4 unspecified atom stereocenters. The third kappa shape index (κ3) is 19.9. The van der Waals surface area contributed by atoms with Gasteiger partial charge < -0.3 is 61.3 Å². The van der Waals surface area contributed by atoms with Gasteiger partial charge in [-0.25, -0.2) is 0 Å². The molecule has 0 bridgehead atoms. The Morgan fingerprint density at radius 1 is 0.577 bits per heavy atom. The smallest absolute Gasteiger partial charge is 0.358 e. The van der Waals surface area contributed by atoms with E-state index >= 15 is 0 Å². The number of rotatable bonds is 29. The molecule has 0 aromatic heterocycles. The quantitative estimate of drug-likeness (QED) is 0.0165. The molecule has 6 rings (SSSR count). The van der Waals surface area contributed by atoms with Crippen molar-refractivity contribution in [1.29, 1.82) is 0 Å². The summed E-state index contributed by atoms with van der Waals surface area (Å²) in [5.74, 6) is -1.25. The third-order valence-electron chi connectivity index (χ3n) is 13.6. The number of para-hydroxylation sites is 1. The monoisotopic (exact) mass is 1120 g/mol. The number of esters is 3. The van der Waals surface area contributed by atoms with Gasteiger partial charge in [-0.1, -0.05) is 156 Å². The van der Waals surface area contributed by atoms with Crippen molar-refractivity contribution in [3.05, 3.63) is 138 Å². The average molecular weight is 1120 g/mol. The minimum absolute atomic E-state index is 0.0617. The number of carbonyl (C=O) groups excluding carboxylic acids is 3. The molecule has 2 aliphatic heterocycles. The highest BCUT2D eigenvalue weighted by molar-refractivity contribution is 7.79. The molecular formula is C60H80O16SSi. The average Bonchev–Trinajstić information content (AvgIpc) is 3.44. The van der Waals surface area contributed by atoms with Crippen LogP contribution in [0.25, 0.3) is 0 Å². The van der Waals surface area contributed by atoms with E-state index in [0.29, 0.717) is 41.7 Å². The van der Waals surface area contributed by atoms with Gasteiger partial charge in [-0.2, -0.15) is 0 Å². The van der Waals surface area contributed by atoms with Crippen molar-refractivity contribution in [2.24, 2.45) is 0 Å². The lowest BCUT2D eigenvalue weighted by Gasteiger charge is -2.50. The van der Waals surface area contributed by atoms with Crippen molar-refractivity contribution in [3.8, 4) is 5.75 Å². The minimum Gasteiger partial charge on any atom is -0.469 e. The lowest BCUT2D eigenvalue weighted by Crippen LogP contribution is -2.67. The van der Waals surface area contributed by atoms with Crippen LogP contribution in [0.3, 0.4) is 0 Å². The first-order valence-electron chi connectivity index (χ1n) is 28.4. The second-order valence-electron chi connectivity index (χ2n) is 20.6. The largest absolute Gasteiger partial charge is 0.469 e. The molecule has 4 aromatic rings. The third-order valence-corrected chi connectivity index (χ3v) is 18.3. The molecule has 2 saturated heterocycles. The number of methoxy groups -OCH3 is 1. The van der Waals surface area contributed by atoms with Gasteiger partial charge in [-0.3, -0.25) is 14.4 Å².